The van der Waals surface area contributed by atoms with Gasteiger partial charge < -0.3 is 10.5 Å². The second kappa shape index (κ2) is 4.96. The molecule has 0 fully saturated rings. The summed E-state index contributed by atoms with van der Waals surface area (Å²) in [5.74, 6) is 2.46. The highest BCUT2D eigenvalue weighted by molar-refractivity contribution is 7.99. The first kappa shape index (κ1) is 11.5. The molecule has 4 nitrogen and oxygen atoms in total. The monoisotopic (exact) mass is 259 g/mol. The summed E-state index contributed by atoms with van der Waals surface area (Å²) in [6.07, 6.45) is 3.44. The van der Waals surface area contributed by atoms with Crippen LogP contribution in [0.15, 0.2) is 41.6 Å². The van der Waals surface area contributed by atoms with Crippen LogP contribution < -0.4 is 10.5 Å². The lowest BCUT2D eigenvalue weighted by molar-refractivity contribution is 0.210. The van der Waals surface area contributed by atoms with Gasteiger partial charge in [-0.05, 0) is 12.1 Å². The molecule has 0 amide bonds. The Balaban J connectivity index is 1.82. The molecule has 0 spiro atoms. The SMILES string of the molecule is NCc1cnc(C2CSc3ccccc3O2)nc1. The fourth-order valence-corrected chi connectivity index (χ4v) is 2.76. The zero-order valence-electron chi connectivity index (χ0n) is 9.74. The Hall–Kier alpha value is -1.59. The first-order chi connectivity index (χ1) is 8.86. The summed E-state index contributed by atoms with van der Waals surface area (Å²) in [6.45, 7) is 0.462. The van der Waals surface area contributed by atoms with E-state index in [0.717, 1.165) is 17.1 Å². The predicted octanol–water partition coefficient (Wildman–Crippen LogP) is 2.16. The smallest absolute Gasteiger partial charge is 0.170 e. The summed E-state index contributed by atoms with van der Waals surface area (Å²) in [7, 11) is 0. The summed E-state index contributed by atoms with van der Waals surface area (Å²) in [5, 5.41) is 0. The van der Waals surface area contributed by atoms with Crippen LogP contribution in [0.3, 0.4) is 0 Å². The van der Waals surface area contributed by atoms with E-state index >= 15 is 0 Å². The highest BCUT2D eigenvalue weighted by Crippen LogP contribution is 2.39. The number of benzene rings is 1. The molecule has 18 heavy (non-hydrogen) atoms. The first-order valence-electron chi connectivity index (χ1n) is 5.76. The van der Waals surface area contributed by atoms with E-state index in [1.807, 2.05) is 18.2 Å². The molecule has 0 saturated carbocycles. The van der Waals surface area contributed by atoms with Crippen molar-refractivity contribution in [2.24, 2.45) is 5.73 Å². The fourth-order valence-electron chi connectivity index (χ4n) is 1.78. The standard InChI is InChI=1S/C13H13N3OS/c14-5-9-6-15-13(16-7-9)11-8-18-12-4-2-1-3-10(12)17-11/h1-4,6-7,11H,5,8,14H2. The van der Waals surface area contributed by atoms with Crippen molar-refractivity contribution in [1.29, 1.82) is 0 Å². The summed E-state index contributed by atoms with van der Waals surface area (Å²) >= 11 is 1.77. The lowest BCUT2D eigenvalue weighted by Gasteiger charge is -2.24. The summed E-state index contributed by atoms with van der Waals surface area (Å²) in [5.41, 5.74) is 6.46. The number of nitrogens with two attached hydrogens (primary N) is 1. The summed E-state index contributed by atoms with van der Waals surface area (Å²) < 4.78 is 5.91. The van der Waals surface area contributed by atoms with Crippen LogP contribution in [-0.4, -0.2) is 15.7 Å². The molecule has 1 aliphatic rings. The van der Waals surface area contributed by atoms with E-state index < -0.39 is 0 Å². The van der Waals surface area contributed by atoms with E-state index in [9.17, 15) is 0 Å². The van der Waals surface area contributed by atoms with Crippen LogP contribution in [0.1, 0.15) is 17.5 Å². The largest absolute Gasteiger partial charge is 0.480 e. The van der Waals surface area contributed by atoms with Gasteiger partial charge in [-0.2, -0.15) is 0 Å². The van der Waals surface area contributed by atoms with Crippen molar-refractivity contribution in [3.63, 3.8) is 0 Å². The van der Waals surface area contributed by atoms with Gasteiger partial charge in [0.15, 0.2) is 11.9 Å². The number of thioether (sulfide) groups is 1. The average Bonchev–Trinajstić information content (AvgIpc) is 2.47. The van der Waals surface area contributed by atoms with Gasteiger partial charge in [-0.15, -0.1) is 11.8 Å². The molecule has 0 bridgehead atoms. The maximum Gasteiger partial charge on any atom is 0.170 e. The van der Waals surface area contributed by atoms with E-state index in [1.54, 1.807) is 24.2 Å². The minimum absolute atomic E-state index is 0.0864. The van der Waals surface area contributed by atoms with Crippen molar-refractivity contribution in [2.75, 3.05) is 5.75 Å². The Bertz CT molecular complexity index is 544. The van der Waals surface area contributed by atoms with Crippen LogP contribution in [0.4, 0.5) is 0 Å². The lowest BCUT2D eigenvalue weighted by Crippen LogP contribution is -2.17. The molecule has 0 saturated heterocycles. The van der Waals surface area contributed by atoms with Crippen molar-refractivity contribution in [3.05, 3.63) is 48.0 Å². The van der Waals surface area contributed by atoms with Gasteiger partial charge in [0.2, 0.25) is 0 Å². The van der Waals surface area contributed by atoms with Crippen LogP contribution in [0.5, 0.6) is 5.75 Å². The number of hydrogen-bond donors (Lipinski definition) is 1. The second-order valence-electron chi connectivity index (χ2n) is 4.02. The second-order valence-corrected chi connectivity index (χ2v) is 5.08. The van der Waals surface area contributed by atoms with E-state index in [0.29, 0.717) is 12.4 Å². The topological polar surface area (TPSA) is 61.0 Å². The van der Waals surface area contributed by atoms with Crippen LogP contribution >= 0.6 is 11.8 Å². The third-order valence-corrected chi connectivity index (χ3v) is 3.88. The van der Waals surface area contributed by atoms with Crippen molar-refractivity contribution in [2.45, 2.75) is 17.5 Å². The molecule has 2 aromatic rings. The van der Waals surface area contributed by atoms with E-state index in [-0.39, 0.29) is 6.10 Å². The van der Waals surface area contributed by atoms with E-state index in [1.165, 1.54) is 4.90 Å². The molecule has 5 heteroatoms. The predicted molar refractivity (Wildman–Crippen MR) is 70.5 cm³/mol. The summed E-state index contributed by atoms with van der Waals surface area (Å²) in [6, 6.07) is 8.03. The van der Waals surface area contributed by atoms with Gasteiger partial charge in [-0.1, -0.05) is 12.1 Å². The Morgan fingerprint density at radius 1 is 1.28 bits per heavy atom. The van der Waals surface area contributed by atoms with E-state index in [2.05, 4.69) is 16.0 Å². The first-order valence-corrected chi connectivity index (χ1v) is 6.75. The minimum Gasteiger partial charge on any atom is -0.480 e. The van der Waals surface area contributed by atoms with Crippen LogP contribution in [-0.2, 0) is 6.54 Å². The summed E-state index contributed by atoms with van der Waals surface area (Å²) in [4.78, 5) is 9.81. The Morgan fingerprint density at radius 3 is 2.83 bits per heavy atom. The van der Waals surface area contributed by atoms with Crippen molar-refractivity contribution in [1.82, 2.24) is 9.97 Å². The maximum atomic E-state index is 5.91. The molecular weight excluding hydrogens is 246 g/mol. The Kier molecular flexibility index (Phi) is 3.17. The third kappa shape index (κ3) is 2.19. The fraction of sp³-hybridized carbons (Fsp3) is 0.231. The van der Waals surface area contributed by atoms with Crippen molar-refractivity contribution in [3.8, 4) is 5.75 Å². The van der Waals surface area contributed by atoms with E-state index in [4.69, 9.17) is 10.5 Å². The van der Waals surface area contributed by atoms with Crippen molar-refractivity contribution >= 4 is 11.8 Å². The number of ether oxygens (including phenoxy) is 1. The van der Waals surface area contributed by atoms with Crippen LogP contribution in [0.25, 0.3) is 0 Å². The molecule has 1 aromatic heterocycles. The van der Waals surface area contributed by atoms with Gasteiger partial charge in [-0.25, -0.2) is 9.97 Å². The molecule has 1 atom stereocenters. The number of nitrogens with zero attached hydrogens (tertiary/aromatic N) is 2. The van der Waals surface area contributed by atoms with Crippen LogP contribution in [0.2, 0.25) is 0 Å². The van der Waals surface area contributed by atoms with Crippen molar-refractivity contribution < 1.29 is 4.74 Å². The average molecular weight is 259 g/mol. The van der Waals surface area contributed by atoms with Gasteiger partial charge in [0, 0.05) is 35.2 Å². The van der Waals surface area contributed by atoms with Gasteiger partial charge >= 0.3 is 0 Å². The van der Waals surface area contributed by atoms with Gasteiger partial charge in [0.25, 0.3) is 0 Å². The van der Waals surface area contributed by atoms with Gasteiger partial charge in [0.05, 0.1) is 0 Å². The maximum absolute atomic E-state index is 5.91. The Labute approximate surface area is 110 Å². The number of para-hydroxylation sites is 1. The quantitative estimate of drug-likeness (QED) is 0.895. The molecule has 3 rings (SSSR count). The highest BCUT2D eigenvalue weighted by Gasteiger charge is 2.23. The number of fused-ring (bicyclic) bond motifs is 1. The number of hydrogen-bond acceptors (Lipinski definition) is 5. The molecular formula is C13H13N3OS. The van der Waals surface area contributed by atoms with Crippen LogP contribution in [0, 0.1) is 0 Å². The zero-order valence-corrected chi connectivity index (χ0v) is 10.6. The Morgan fingerprint density at radius 2 is 2.06 bits per heavy atom. The molecule has 92 valence electrons. The molecule has 1 aromatic carbocycles. The van der Waals surface area contributed by atoms with Gasteiger partial charge in [-0.3, -0.25) is 0 Å². The molecule has 0 aliphatic carbocycles. The molecule has 1 aliphatic heterocycles. The molecule has 0 radical (unpaired) electrons. The lowest BCUT2D eigenvalue weighted by atomic mass is 10.3. The molecule has 1 unspecified atom stereocenters. The molecule has 2 N–H and O–H groups in total. The normalized spacial score (nSPS) is 17.9. The highest BCUT2D eigenvalue weighted by atomic mass is 32.2. The number of rotatable bonds is 2. The number of aromatic nitrogens is 2. The minimum atomic E-state index is -0.0864. The molecule has 2 heterocycles. The third-order valence-electron chi connectivity index (χ3n) is 2.76. The van der Waals surface area contributed by atoms with Gasteiger partial charge in [0.1, 0.15) is 5.75 Å². The zero-order chi connectivity index (χ0) is 12.4.